The van der Waals surface area contributed by atoms with E-state index in [1.807, 2.05) is 24.0 Å². The first-order valence-electron chi connectivity index (χ1n) is 20.2. The first-order chi connectivity index (χ1) is 26.7. The van der Waals surface area contributed by atoms with Gasteiger partial charge in [0, 0.05) is 70.2 Å². The van der Waals surface area contributed by atoms with E-state index < -0.39 is 0 Å². The van der Waals surface area contributed by atoms with Crippen LogP contribution in [0.15, 0.2) is 110 Å². The van der Waals surface area contributed by atoms with E-state index in [1.165, 1.54) is 49.1 Å². The smallest absolute Gasteiger partial charge is 0.140 e. The Labute approximate surface area is 358 Å². The number of para-hydroxylation sites is 2. The molecule has 0 fully saturated rings. The zero-order chi connectivity index (χ0) is 40.8. The fourth-order valence-corrected chi connectivity index (χ4v) is 8.26. The number of pyridine rings is 1. The van der Waals surface area contributed by atoms with Crippen molar-refractivity contribution in [3.05, 3.63) is 139 Å². The number of anilines is 1. The molecule has 0 unspecified atom stereocenters. The van der Waals surface area contributed by atoms with E-state index in [0.717, 1.165) is 33.4 Å². The molecule has 3 aromatic heterocycles. The molecule has 0 spiro atoms. The minimum absolute atomic E-state index is 0. The Hall–Kier alpha value is -4.90. The fourth-order valence-electron chi connectivity index (χ4n) is 8.26. The fraction of sp³-hybridized carbons (Fsp3) is 0.308. The van der Waals surface area contributed by atoms with Crippen LogP contribution in [0.25, 0.3) is 60.1 Å². The van der Waals surface area contributed by atoms with Crippen LogP contribution in [-0.2, 0) is 36.4 Å². The van der Waals surface area contributed by atoms with Gasteiger partial charge in [0.05, 0.1) is 16.7 Å². The van der Waals surface area contributed by atoms with Crippen molar-refractivity contribution in [3.8, 4) is 17.0 Å². The first kappa shape index (κ1) is 41.3. The second kappa shape index (κ2) is 14.4. The summed E-state index contributed by atoms with van der Waals surface area (Å²) in [5.41, 5.74) is 10.0. The molecule has 1 aliphatic heterocycles. The van der Waals surface area contributed by atoms with Crippen LogP contribution in [0.5, 0.6) is 5.75 Å². The van der Waals surface area contributed by atoms with E-state index in [-0.39, 0.29) is 41.9 Å². The van der Waals surface area contributed by atoms with Crippen molar-refractivity contribution >= 4 is 54.6 Å². The summed E-state index contributed by atoms with van der Waals surface area (Å²) in [4.78, 5) is 9.13. The molecule has 1 aliphatic rings. The molecule has 0 bridgehead atoms. The van der Waals surface area contributed by atoms with E-state index >= 15 is 0 Å². The molecule has 0 amide bonds. The van der Waals surface area contributed by atoms with Gasteiger partial charge in [0.2, 0.25) is 0 Å². The van der Waals surface area contributed by atoms with Crippen LogP contribution >= 0.6 is 0 Å². The molecule has 58 heavy (non-hydrogen) atoms. The second-order valence-corrected chi connectivity index (χ2v) is 19.8. The van der Waals surface area contributed by atoms with Gasteiger partial charge in [-0.1, -0.05) is 134 Å². The molecule has 0 saturated heterocycles. The Morgan fingerprint density at radius 1 is 0.603 bits per heavy atom. The van der Waals surface area contributed by atoms with Gasteiger partial charge in [-0.3, -0.25) is 4.98 Å². The minimum atomic E-state index is -0.118. The molecule has 4 heterocycles. The van der Waals surface area contributed by atoms with Gasteiger partial charge >= 0.3 is 0 Å². The third kappa shape index (κ3) is 7.13. The quantitative estimate of drug-likeness (QED) is 0.175. The number of nitrogens with zero attached hydrogens (tertiary/aromatic N) is 4. The second-order valence-electron chi connectivity index (χ2n) is 19.8. The first-order valence-corrected chi connectivity index (χ1v) is 20.2. The van der Waals surface area contributed by atoms with Crippen LogP contribution in [0.4, 0.5) is 5.69 Å². The average molecular weight is 945 g/mol. The van der Waals surface area contributed by atoms with Gasteiger partial charge in [0.25, 0.3) is 0 Å². The van der Waals surface area contributed by atoms with Crippen molar-refractivity contribution in [1.82, 2.24) is 14.3 Å². The zero-order valence-electron chi connectivity index (χ0n) is 36.0. The van der Waals surface area contributed by atoms with Gasteiger partial charge in [0.1, 0.15) is 5.75 Å². The molecule has 5 aromatic carbocycles. The Balaban J connectivity index is 0.000000184. The van der Waals surface area contributed by atoms with E-state index in [0.29, 0.717) is 5.75 Å². The molecule has 0 atom stereocenters. The van der Waals surface area contributed by atoms with Crippen molar-refractivity contribution < 1.29 is 25.2 Å². The standard InChI is InChI=1S/C31H23N2.C21H33N2O.Ir/c1-31(2,3)26-18-20(17-19-9-4-5-10-21(19)26)28-30-25(15-16-32-28)24-13-8-12-23-22-11-6-7-14-27(22)33(30)29(23)24;1-19(2,3)15-12-16(20(4,5)6)18(24)17(13-15)22-10-11-23(14-22)21(7,8)9;/h4-16,18H,1-3H3;10-14,24H,1-9H3;/q2*-1;. The number of aromatic nitrogens is 2. The molecular formula is C52H56IrN4O-2. The van der Waals surface area contributed by atoms with Crippen LogP contribution in [0.1, 0.15) is 99.8 Å². The van der Waals surface area contributed by atoms with Crippen LogP contribution in [-0.4, -0.2) is 24.9 Å². The maximum absolute atomic E-state index is 11.0. The molecule has 9 rings (SSSR count). The molecule has 6 heteroatoms. The Morgan fingerprint density at radius 2 is 1.21 bits per heavy atom. The monoisotopic (exact) mass is 945 g/mol. The number of hydrogen-bond donors (Lipinski definition) is 1. The molecule has 301 valence electrons. The summed E-state index contributed by atoms with van der Waals surface area (Å²) in [6.45, 7) is 28.4. The SMILES string of the molecule is CC(C)(C)c1cc(-c2nccc3c4cccc5c6ccccc6n(c23)c54)[c-]c2ccccc12.CC(C)(C)c1cc(N2C=CN(C(C)(C)C)[CH-]2)c(O)c(C(C)(C)C)c1.[Ir]. The van der Waals surface area contributed by atoms with E-state index in [4.69, 9.17) is 4.98 Å². The number of hydrogen-bond acceptors (Lipinski definition) is 4. The molecule has 0 saturated carbocycles. The predicted molar refractivity (Wildman–Crippen MR) is 242 cm³/mol. The summed E-state index contributed by atoms with van der Waals surface area (Å²) in [5, 5.41) is 18.4. The Bertz CT molecular complexity index is 2840. The van der Waals surface area contributed by atoms with Crippen LogP contribution in [0.3, 0.4) is 0 Å². The summed E-state index contributed by atoms with van der Waals surface area (Å²) in [6, 6.07) is 36.3. The normalized spacial score (nSPS) is 13.9. The molecule has 8 aromatic rings. The largest absolute Gasteiger partial charge is 0.506 e. The Kier molecular flexibility index (Phi) is 10.3. The maximum Gasteiger partial charge on any atom is 0.140 e. The topological polar surface area (TPSA) is 44.0 Å². The van der Waals surface area contributed by atoms with E-state index in [1.54, 1.807) is 0 Å². The summed E-state index contributed by atoms with van der Waals surface area (Å²) in [7, 11) is 0. The number of aromatic hydroxyl groups is 1. The number of phenolic OH excluding ortho intramolecular Hbond substituents is 1. The molecule has 5 nitrogen and oxygen atoms in total. The minimum Gasteiger partial charge on any atom is -0.506 e. The number of phenols is 1. The Morgan fingerprint density at radius 3 is 1.84 bits per heavy atom. The van der Waals surface area contributed by atoms with Crippen LogP contribution in [0.2, 0.25) is 0 Å². The predicted octanol–water partition coefficient (Wildman–Crippen LogP) is 13.6. The third-order valence-corrected chi connectivity index (χ3v) is 11.4. The summed E-state index contributed by atoms with van der Waals surface area (Å²) >= 11 is 0. The summed E-state index contributed by atoms with van der Waals surface area (Å²) < 4.78 is 2.41. The number of fused-ring (bicyclic) bond motifs is 7. The molecule has 1 N–H and O–H groups in total. The molecular weight excluding hydrogens is 889 g/mol. The maximum atomic E-state index is 11.0. The average Bonchev–Trinajstić information content (AvgIpc) is 3.86. The zero-order valence-corrected chi connectivity index (χ0v) is 38.4. The molecule has 0 aliphatic carbocycles. The number of benzene rings is 5. The molecule has 1 radical (unpaired) electrons. The van der Waals surface area contributed by atoms with Crippen LogP contribution in [0, 0.1) is 12.7 Å². The van der Waals surface area contributed by atoms with Gasteiger partial charge in [-0.25, -0.2) is 0 Å². The van der Waals surface area contributed by atoms with Gasteiger partial charge in [0.15, 0.2) is 0 Å². The van der Waals surface area contributed by atoms with Gasteiger partial charge < -0.3 is 19.3 Å². The van der Waals surface area contributed by atoms with E-state index in [2.05, 4.69) is 196 Å². The summed E-state index contributed by atoms with van der Waals surface area (Å²) in [6.07, 6.45) is 6.01. The van der Waals surface area contributed by atoms with Crippen molar-refractivity contribution in [1.29, 1.82) is 0 Å². The van der Waals surface area contributed by atoms with Crippen LogP contribution < -0.4 is 4.90 Å². The van der Waals surface area contributed by atoms with Crippen molar-refractivity contribution in [2.45, 2.75) is 105 Å². The third-order valence-electron chi connectivity index (χ3n) is 11.4. The van der Waals surface area contributed by atoms with Crippen molar-refractivity contribution in [3.63, 3.8) is 0 Å². The number of rotatable bonds is 2. The van der Waals surface area contributed by atoms with Gasteiger partial charge in [-0.15, -0.1) is 29.1 Å². The summed E-state index contributed by atoms with van der Waals surface area (Å²) in [5.74, 6) is 0.368. The van der Waals surface area contributed by atoms with Gasteiger partial charge in [-0.2, -0.15) is 6.67 Å². The van der Waals surface area contributed by atoms with Crippen molar-refractivity contribution in [2.75, 3.05) is 4.90 Å². The van der Waals surface area contributed by atoms with E-state index in [9.17, 15) is 5.11 Å². The van der Waals surface area contributed by atoms with Gasteiger partial charge in [-0.05, 0) is 73.2 Å². The van der Waals surface area contributed by atoms with Crippen molar-refractivity contribution in [2.24, 2.45) is 0 Å².